The lowest BCUT2D eigenvalue weighted by Crippen LogP contribution is -2.43. The van der Waals surface area contributed by atoms with Crippen molar-refractivity contribution in [2.45, 2.75) is 26.8 Å². The van der Waals surface area contributed by atoms with Crippen molar-refractivity contribution >= 4 is 23.3 Å². The molecule has 0 heterocycles. The molecule has 0 fully saturated rings. The van der Waals surface area contributed by atoms with E-state index in [1.807, 2.05) is 13.8 Å². The van der Waals surface area contributed by atoms with Gasteiger partial charge in [0.1, 0.15) is 0 Å². The summed E-state index contributed by atoms with van der Waals surface area (Å²) in [5, 5.41) is 3.30. The van der Waals surface area contributed by atoms with Crippen LogP contribution in [0, 0.1) is 5.92 Å². The molecule has 0 aromatic heterocycles. The quantitative estimate of drug-likeness (QED) is 0.897. The second-order valence-electron chi connectivity index (χ2n) is 4.31. The zero-order valence-electron chi connectivity index (χ0n) is 10.2. The third-order valence-corrected chi connectivity index (χ3v) is 2.75. The van der Waals surface area contributed by atoms with Gasteiger partial charge in [-0.25, -0.2) is 0 Å². The number of amides is 1. The van der Waals surface area contributed by atoms with Crippen molar-refractivity contribution in [1.29, 1.82) is 0 Å². The number of ketones is 1. The SMILES string of the molecule is CC(=O)C(NC(=O)c1ccc(Cl)cc1)C(C)C. The summed E-state index contributed by atoms with van der Waals surface area (Å²) >= 11 is 5.74. The van der Waals surface area contributed by atoms with E-state index >= 15 is 0 Å². The topological polar surface area (TPSA) is 46.2 Å². The van der Waals surface area contributed by atoms with Gasteiger partial charge in [-0.3, -0.25) is 9.59 Å². The number of hydrogen-bond donors (Lipinski definition) is 1. The number of benzene rings is 1. The van der Waals surface area contributed by atoms with E-state index in [1.165, 1.54) is 6.92 Å². The van der Waals surface area contributed by atoms with E-state index < -0.39 is 6.04 Å². The van der Waals surface area contributed by atoms with Crippen LogP contribution in [0.3, 0.4) is 0 Å². The molecule has 0 aliphatic heterocycles. The Bertz CT molecular complexity index is 412. The maximum atomic E-state index is 11.9. The highest BCUT2D eigenvalue weighted by Crippen LogP contribution is 2.10. The molecule has 1 N–H and O–H groups in total. The van der Waals surface area contributed by atoms with Crippen LogP contribution in [0.25, 0.3) is 0 Å². The van der Waals surface area contributed by atoms with Gasteiger partial charge in [0.15, 0.2) is 5.78 Å². The average molecular weight is 254 g/mol. The monoisotopic (exact) mass is 253 g/mol. The molecular formula is C13H16ClNO2. The van der Waals surface area contributed by atoms with Crippen LogP contribution in [0.2, 0.25) is 5.02 Å². The molecule has 1 amide bonds. The standard InChI is InChI=1S/C13H16ClNO2/c1-8(2)12(9(3)16)15-13(17)10-4-6-11(14)7-5-10/h4-8,12H,1-3H3,(H,15,17). The Balaban J connectivity index is 2.77. The third kappa shape index (κ3) is 3.86. The molecule has 4 heteroatoms. The average Bonchev–Trinajstić information content (AvgIpc) is 2.25. The Morgan fingerprint density at radius 3 is 2.12 bits per heavy atom. The molecule has 0 aliphatic rings. The molecule has 0 bridgehead atoms. The number of nitrogens with one attached hydrogen (secondary N) is 1. The Labute approximate surface area is 106 Å². The van der Waals surface area contributed by atoms with Gasteiger partial charge in [-0.1, -0.05) is 25.4 Å². The maximum Gasteiger partial charge on any atom is 0.251 e. The number of Topliss-reactive ketones (excluding diaryl/α,β-unsaturated/α-hetero) is 1. The molecule has 1 rings (SSSR count). The molecule has 1 atom stereocenters. The molecule has 1 aromatic rings. The number of carbonyl (C=O) groups excluding carboxylic acids is 2. The Morgan fingerprint density at radius 1 is 1.18 bits per heavy atom. The lowest BCUT2D eigenvalue weighted by atomic mass is 10.0. The number of halogens is 1. The highest BCUT2D eigenvalue weighted by molar-refractivity contribution is 6.30. The third-order valence-electron chi connectivity index (χ3n) is 2.50. The van der Waals surface area contributed by atoms with Crippen LogP contribution in [0.1, 0.15) is 31.1 Å². The number of rotatable bonds is 4. The molecule has 1 aromatic carbocycles. The highest BCUT2D eigenvalue weighted by atomic mass is 35.5. The minimum Gasteiger partial charge on any atom is -0.342 e. The van der Waals surface area contributed by atoms with E-state index in [2.05, 4.69) is 5.32 Å². The summed E-state index contributed by atoms with van der Waals surface area (Å²) in [7, 11) is 0. The van der Waals surface area contributed by atoms with Crippen molar-refractivity contribution < 1.29 is 9.59 Å². The molecule has 17 heavy (non-hydrogen) atoms. The van der Waals surface area contributed by atoms with Crippen LogP contribution in [-0.4, -0.2) is 17.7 Å². The lowest BCUT2D eigenvalue weighted by molar-refractivity contribution is -0.119. The van der Waals surface area contributed by atoms with Crippen LogP contribution in [-0.2, 0) is 4.79 Å². The largest absolute Gasteiger partial charge is 0.342 e. The Morgan fingerprint density at radius 2 is 1.71 bits per heavy atom. The van der Waals surface area contributed by atoms with Gasteiger partial charge < -0.3 is 5.32 Å². The summed E-state index contributed by atoms with van der Waals surface area (Å²) in [6.45, 7) is 5.27. The number of hydrogen-bond acceptors (Lipinski definition) is 2. The van der Waals surface area contributed by atoms with E-state index in [9.17, 15) is 9.59 Å². The molecule has 1 unspecified atom stereocenters. The predicted molar refractivity (Wildman–Crippen MR) is 68.2 cm³/mol. The van der Waals surface area contributed by atoms with Crippen LogP contribution >= 0.6 is 11.6 Å². The molecule has 3 nitrogen and oxygen atoms in total. The summed E-state index contributed by atoms with van der Waals surface area (Å²) in [4.78, 5) is 23.2. The first-order valence-corrected chi connectivity index (χ1v) is 5.86. The van der Waals surface area contributed by atoms with E-state index in [1.54, 1.807) is 24.3 Å². The fourth-order valence-corrected chi connectivity index (χ4v) is 1.69. The molecular weight excluding hydrogens is 238 g/mol. The number of carbonyl (C=O) groups is 2. The molecule has 0 spiro atoms. The van der Waals surface area contributed by atoms with Gasteiger partial charge in [-0.05, 0) is 37.1 Å². The first-order valence-electron chi connectivity index (χ1n) is 5.48. The van der Waals surface area contributed by atoms with Crippen molar-refractivity contribution in [1.82, 2.24) is 5.32 Å². The molecule has 92 valence electrons. The van der Waals surface area contributed by atoms with Gasteiger partial charge >= 0.3 is 0 Å². The van der Waals surface area contributed by atoms with Crippen LogP contribution in [0.4, 0.5) is 0 Å². The van der Waals surface area contributed by atoms with Gasteiger partial charge in [0.25, 0.3) is 5.91 Å². The minimum absolute atomic E-state index is 0.0395. The first-order chi connectivity index (χ1) is 7.91. The second-order valence-corrected chi connectivity index (χ2v) is 4.75. The van der Waals surface area contributed by atoms with Gasteiger partial charge in [-0.15, -0.1) is 0 Å². The van der Waals surface area contributed by atoms with E-state index in [-0.39, 0.29) is 17.6 Å². The fraction of sp³-hybridized carbons (Fsp3) is 0.385. The van der Waals surface area contributed by atoms with Crippen molar-refractivity contribution in [3.05, 3.63) is 34.9 Å². The summed E-state index contributed by atoms with van der Waals surface area (Å²) in [6.07, 6.45) is 0. The molecule has 0 aliphatic carbocycles. The normalized spacial score (nSPS) is 12.3. The first kappa shape index (κ1) is 13.7. The predicted octanol–water partition coefficient (Wildman–Crippen LogP) is 2.68. The van der Waals surface area contributed by atoms with Crippen molar-refractivity contribution in [3.8, 4) is 0 Å². The van der Waals surface area contributed by atoms with Crippen molar-refractivity contribution in [3.63, 3.8) is 0 Å². The van der Waals surface area contributed by atoms with Crippen LogP contribution in [0.15, 0.2) is 24.3 Å². The molecule has 0 saturated carbocycles. The smallest absolute Gasteiger partial charge is 0.251 e. The van der Waals surface area contributed by atoms with Gasteiger partial charge in [0.05, 0.1) is 6.04 Å². The molecule has 0 radical (unpaired) electrons. The summed E-state index contributed by atoms with van der Waals surface area (Å²) < 4.78 is 0. The van der Waals surface area contributed by atoms with Crippen molar-refractivity contribution in [2.24, 2.45) is 5.92 Å². The lowest BCUT2D eigenvalue weighted by Gasteiger charge is -2.19. The zero-order valence-corrected chi connectivity index (χ0v) is 10.9. The van der Waals surface area contributed by atoms with E-state index in [4.69, 9.17) is 11.6 Å². The van der Waals surface area contributed by atoms with Gasteiger partial charge in [-0.2, -0.15) is 0 Å². The maximum absolute atomic E-state index is 11.9. The van der Waals surface area contributed by atoms with Crippen LogP contribution in [0.5, 0.6) is 0 Å². The highest BCUT2D eigenvalue weighted by Gasteiger charge is 2.20. The second kappa shape index (κ2) is 5.82. The van der Waals surface area contributed by atoms with Gasteiger partial charge in [0, 0.05) is 10.6 Å². The zero-order chi connectivity index (χ0) is 13.0. The summed E-state index contributed by atoms with van der Waals surface area (Å²) in [6, 6.07) is 6.12. The van der Waals surface area contributed by atoms with E-state index in [0.29, 0.717) is 10.6 Å². The Kier molecular flexibility index (Phi) is 4.70. The minimum atomic E-state index is -0.446. The van der Waals surface area contributed by atoms with E-state index in [0.717, 1.165) is 0 Å². The van der Waals surface area contributed by atoms with Crippen LogP contribution < -0.4 is 5.32 Å². The van der Waals surface area contributed by atoms with Crippen molar-refractivity contribution in [2.75, 3.05) is 0 Å². The summed E-state index contributed by atoms with van der Waals surface area (Å²) in [5.41, 5.74) is 0.501. The fourth-order valence-electron chi connectivity index (χ4n) is 1.56. The molecule has 0 saturated heterocycles. The van der Waals surface area contributed by atoms with Gasteiger partial charge in [0.2, 0.25) is 0 Å². The summed E-state index contributed by atoms with van der Waals surface area (Å²) in [5.74, 6) is -0.221. The Hall–Kier alpha value is -1.35.